The first-order chi connectivity index (χ1) is 4.19. The van der Waals surface area contributed by atoms with E-state index in [0.29, 0.717) is 6.54 Å². The molecule has 0 N–H and O–H groups in total. The molecule has 1 saturated carbocycles. The fourth-order valence-corrected chi connectivity index (χ4v) is 0.736. The summed E-state index contributed by atoms with van der Waals surface area (Å²) in [6.45, 7) is 4.51. The molecule has 0 aromatic rings. The Morgan fingerprint density at radius 1 is 1.60 bits per heavy atom. The van der Waals surface area contributed by atoms with Gasteiger partial charge in [0.15, 0.2) is 0 Å². The second kappa shape index (κ2) is 4.21. The Morgan fingerprint density at radius 2 is 2.10 bits per heavy atom. The Morgan fingerprint density at radius 3 is 2.40 bits per heavy atom. The van der Waals surface area contributed by atoms with Crippen molar-refractivity contribution in [2.24, 2.45) is 5.41 Å². The van der Waals surface area contributed by atoms with Crippen molar-refractivity contribution in [3.05, 3.63) is 5.32 Å². The molecule has 52 valence electrons. The van der Waals surface area contributed by atoms with Gasteiger partial charge < -0.3 is 10.1 Å². The molecule has 0 aromatic carbocycles. The van der Waals surface area contributed by atoms with Gasteiger partial charge in [0.2, 0.25) is 0 Å². The summed E-state index contributed by atoms with van der Waals surface area (Å²) in [6.07, 6.45) is 2.07. The number of carbonyl (C=O) groups excluding carboxylic acids is 1. The van der Waals surface area contributed by atoms with Crippen LogP contribution in [0.3, 0.4) is 0 Å². The van der Waals surface area contributed by atoms with Crippen molar-refractivity contribution < 1.29 is 56.2 Å². The molecule has 0 unspecified atom stereocenters. The fraction of sp³-hybridized carbons (Fsp3) is 0.857. The number of rotatable bonds is 2. The minimum atomic E-state index is -0.0456. The molecule has 1 aliphatic rings. The van der Waals surface area contributed by atoms with Crippen molar-refractivity contribution in [2.75, 3.05) is 6.54 Å². The van der Waals surface area contributed by atoms with Crippen molar-refractivity contribution in [2.45, 2.75) is 26.7 Å². The molecule has 0 saturated heterocycles. The Labute approximate surface area is 105 Å². The average Bonchev–Trinajstić information content (AvgIpc) is 2.50. The van der Waals surface area contributed by atoms with Gasteiger partial charge in [0.1, 0.15) is 0 Å². The summed E-state index contributed by atoms with van der Waals surface area (Å²) in [5, 5.41) is 3.82. The third-order valence-electron chi connectivity index (χ3n) is 1.82. The van der Waals surface area contributed by atoms with Gasteiger partial charge in [-0.25, -0.2) is 0 Å². The third-order valence-corrected chi connectivity index (χ3v) is 1.82. The number of hydrogen-bond donors (Lipinski definition) is 0. The fourth-order valence-electron chi connectivity index (χ4n) is 0.736. The van der Waals surface area contributed by atoms with Gasteiger partial charge in [0.05, 0.1) is 5.91 Å². The molecule has 0 aromatic heterocycles. The Kier molecular flexibility index (Phi) is 4.68. The van der Waals surface area contributed by atoms with Gasteiger partial charge in [-0.05, 0) is 12.8 Å². The number of carbonyl (C=O) groups is 1. The molecule has 1 fully saturated rings. The van der Waals surface area contributed by atoms with Crippen molar-refractivity contribution in [3.63, 3.8) is 0 Å². The molecule has 1 amide bonds. The standard InChI is InChI=1S/C7H13NO.K/c1-3-8-6(9)7(2)4-5-7;/h3-5H2,1-2H3,(H,8,9);/q;+1/p-1. The Balaban J connectivity index is 0.000000810. The van der Waals surface area contributed by atoms with Gasteiger partial charge in [0.25, 0.3) is 0 Å². The molecule has 10 heavy (non-hydrogen) atoms. The van der Waals surface area contributed by atoms with Crippen LogP contribution in [-0.4, -0.2) is 12.5 Å². The predicted octanol–water partition coefficient (Wildman–Crippen LogP) is -1.29. The van der Waals surface area contributed by atoms with Gasteiger partial charge in [-0.15, -0.1) is 6.54 Å². The van der Waals surface area contributed by atoms with E-state index >= 15 is 0 Å². The maximum atomic E-state index is 11.0. The molecule has 1 rings (SSSR count). The van der Waals surface area contributed by atoms with E-state index in [4.69, 9.17) is 0 Å². The van der Waals surface area contributed by atoms with E-state index in [1.165, 1.54) is 0 Å². The predicted molar refractivity (Wildman–Crippen MR) is 36.2 cm³/mol. The molecule has 0 atom stereocenters. The first-order valence-electron chi connectivity index (χ1n) is 3.41. The van der Waals surface area contributed by atoms with E-state index in [1.54, 1.807) is 0 Å². The summed E-state index contributed by atoms with van der Waals surface area (Å²) in [5.41, 5.74) is -0.0456. The van der Waals surface area contributed by atoms with Crippen LogP contribution in [0.1, 0.15) is 26.7 Å². The molecule has 0 aliphatic heterocycles. The number of amides is 1. The number of nitrogens with zero attached hydrogens (tertiary/aromatic N) is 1. The Hall–Kier alpha value is 1.11. The molecular formula is C7H12KNO. The second-order valence-electron chi connectivity index (χ2n) is 2.84. The zero-order chi connectivity index (χ0) is 6.91. The minimum Gasteiger partial charge on any atom is -0.653 e. The van der Waals surface area contributed by atoms with Crippen molar-refractivity contribution in [3.8, 4) is 0 Å². The van der Waals surface area contributed by atoms with E-state index in [0.717, 1.165) is 12.8 Å². The van der Waals surface area contributed by atoms with Crippen LogP contribution in [0.15, 0.2) is 0 Å². The van der Waals surface area contributed by atoms with Crippen molar-refractivity contribution in [1.29, 1.82) is 0 Å². The largest absolute Gasteiger partial charge is 1.00 e. The van der Waals surface area contributed by atoms with E-state index in [-0.39, 0.29) is 62.7 Å². The molecular weight excluding hydrogens is 153 g/mol. The molecule has 0 radical (unpaired) electrons. The molecule has 2 nitrogen and oxygen atoms in total. The van der Waals surface area contributed by atoms with Gasteiger partial charge in [-0.1, -0.05) is 13.8 Å². The summed E-state index contributed by atoms with van der Waals surface area (Å²) in [5.74, 6) is 0.102. The first-order valence-corrected chi connectivity index (χ1v) is 3.41. The van der Waals surface area contributed by atoms with Gasteiger partial charge in [-0.3, -0.25) is 0 Å². The van der Waals surface area contributed by atoms with Crippen molar-refractivity contribution >= 4 is 5.91 Å². The van der Waals surface area contributed by atoms with Crippen LogP contribution in [0.4, 0.5) is 0 Å². The number of hydrogen-bond acceptors (Lipinski definition) is 1. The molecule has 0 bridgehead atoms. The average molecular weight is 165 g/mol. The molecule has 0 heterocycles. The van der Waals surface area contributed by atoms with E-state index < -0.39 is 0 Å². The van der Waals surface area contributed by atoms with Crippen LogP contribution in [0.2, 0.25) is 0 Å². The van der Waals surface area contributed by atoms with Gasteiger partial charge in [-0.2, -0.15) is 0 Å². The molecule has 1 aliphatic carbocycles. The normalized spacial score (nSPS) is 19.0. The van der Waals surface area contributed by atoms with E-state index in [9.17, 15) is 4.79 Å². The third kappa shape index (κ3) is 2.62. The van der Waals surface area contributed by atoms with E-state index in [2.05, 4.69) is 5.32 Å². The SMILES string of the molecule is CC[N-]C(=O)C1(C)CC1.[K+]. The zero-order valence-electron chi connectivity index (χ0n) is 6.98. The van der Waals surface area contributed by atoms with Crippen molar-refractivity contribution in [1.82, 2.24) is 0 Å². The minimum absolute atomic E-state index is 0. The second-order valence-corrected chi connectivity index (χ2v) is 2.84. The van der Waals surface area contributed by atoms with Crippen LogP contribution in [0.5, 0.6) is 0 Å². The summed E-state index contributed by atoms with van der Waals surface area (Å²) >= 11 is 0. The quantitative estimate of drug-likeness (QED) is 0.468. The van der Waals surface area contributed by atoms with Crippen LogP contribution in [0, 0.1) is 5.41 Å². The maximum absolute atomic E-state index is 11.0. The van der Waals surface area contributed by atoms with Crippen LogP contribution in [-0.2, 0) is 4.79 Å². The maximum Gasteiger partial charge on any atom is 1.00 e. The van der Waals surface area contributed by atoms with Crippen LogP contribution in [0.25, 0.3) is 5.32 Å². The topological polar surface area (TPSA) is 31.2 Å². The first kappa shape index (κ1) is 11.1. The van der Waals surface area contributed by atoms with Gasteiger partial charge in [0, 0.05) is 5.41 Å². The smallest absolute Gasteiger partial charge is 0.653 e. The summed E-state index contributed by atoms with van der Waals surface area (Å²) in [6, 6.07) is 0. The van der Waals surface area contributed by atoms with Gasteiger partial charge >= 0.3 is 51.4 Å². The van der Waals surface area contributed by atoms with Crippen LogP contribution < -0.4 is 51.4 Å². The summed E-state index contributed by atoms with van der Waals surface area (Å²) in [4.78, 5) is 11.0. The molecule has 3 heteroatoms. The summed E-state index contributed by atoms with van der Waals surface area (Å²) in [7, 11) is 0. The Bertz CT molecular complexity index is 132. The van der Waals surface area contributed by atoms with Crippen LogP contribution >= 0.6 is 0 Å². The zero-order valence-corrected chi connectivity index (χ0v) is 10.1. The van der Waals surface area contributed by atoms with E-state index in [1.807, 2.05) is 13.8 Å². The monoisotopic (exact) mass is 165 g/mol. The molecule has 0 spiro atoms. The summed E-state index contributed by atoms with van der Waals surface area (Å²) < 4.78 is 0.